The standard InChI is InChI=1S/C14H22N4O2/c1-11(2)17(10-12-5-7-15-8-6-12)13-3-4-14(16-9-13)18(19)20/h3-4,9,11-12,15H,5-8,10H2,1-2H3. The lowest BCUT2D eigenvalue weighted by molar-refractivity contribution is -0.389. The van der Waals surface area contributed by atoms with E-state index in [1.807, 2.05) is 0 Å². The van der Waals surface area contributed by atoms with Crippen LogP contribution in [0, 0.1) is 16.0 Å². The van der Waals surface area contributed by atoms with Crippen molar-refractivity contribution in [1.29, 1.82) is 0 Å². The highest BCUT2D eigenvalue weighted by molar-refractivity contribution is 5.47. The monoisotopic (exact) mass is 278 g/mol. The van der Waals surface area contributed by atoms with Crippen LogP contribution in [0.4, 0.5) is 11.5 Å². The zero-order valence-corrected chi connectivity index (χ0v) is 12.1. The Bertz CT molecular complexity index is 441. The first-order valence-corrected chi connectivity index (χ1v) is 7.15. The minimum Gasteiger partial charge on any atom is -0.366 e. The summed E-state index contributed by atoms with van der Waals surface area (Å²) >= 11 is 0. The SMILES string of the molecule is CC(C)N(CC1CCNCC1)c1ccc([N+](=O)[O-])nc1. The summed E-state index contributed by atoms with van der Waals surface area (Å²) in [6.07, 6.45) is 3.98. The highest BCUT2D eigenvalue weighted by atomic mass is 16.6. The Labute approximate surface area is 119 Å². The van der Waals surface area contributed by atoms with Crippen LogP contribution in [-0.4, -0.2) is 35.6 Å². The first-order chi connectivity index (χ1) is 9.58. The summed E-state index contributed by atoms with van der Waals surface area (Å²) in [5.74, 6) is 0.577. The minimum atomic E-state index is -0.462. The van der Waals surface area contributed by atoms with Gasteiger partial charge >= 0.3 is 5.82 Å². The molecule has 1 saturated heterocycles. The van der Waals surface area contributed by atoms with Crippen LogP contribution < -0.4 is 10.2 Å². The molecule has 0 aliphatic carbocycles. The Balaban J connectivity index is 2.09. The fourth-order valence-electron chi connectivity index (χ4n) is 2.61. The first-order valence-electron chi connectivity index (χ1n) is 7.15. The van der Waals surface area contributed by atoms with Crippen molar-refractivity contribution in [1.82, 2.24) is 10.3 Å². The number of hydrogen-bond acceptors (Lipinski definition) is 5. The van der Waals surface area contributed by atoms with E-state index in [9.17, 15) is 10.1 Å². The lowest BCUT2D eigenvalue weighted by Gasteiger charge is -2.33. The Hall–Kier alpha value is -1.69. The van der Waals surface area contributed by atoms with Gasteiger partial charge in [-0.2, -0.15) is 0 Å². The Morgan fingerprint density at radius 3 is 2.65 bits per heavy atom. The molecule has 0 amide bonds. The number of pyridine rings is 1. The van der Waals surface area contributed by atoms with Gasteiger partial charge in [0.05, 0.1) is 5.69 Å². The number of nitro groups is 1. The summed E-state index contributed by atoms with van der Waals surface area (Å²) in [4.78, 5) is 16.4. The lowest BCUT2D eigenvalue weighted by Crippen LogP contribution is -2.39. The van der Waals surface area contributed by atoms with Crippen molar-refractivity contribution in [3.63, 3.8) is 0 Å². The molecule has 0 spiro atoms. The van der Waals surface area contributed by atoms with E-state index in [2.05, 4.69) is 29.0 Å². The molecule has 0 saturated carbocycles. The molecule has 1 aromatic rings. The van der Waals surface area contributed by atoms with Gasteiger partial charge in [0.25, 0.3) is 0 Å². The number of piperidine rings is 1. The van der Waals surface area contributed by atoms with E-state index in [1.54, 1.807) is 12.3 Å². The average molecular weight is 278 g/mol. The fourth-order valence-corrected chi connectivity index (χ4v) is 2.61. The predicted molar refractivity (Wildman–Crippen MR) is 79.0 cm³/mol. The maximum absolute atomic E-state index is 10.7. The maximum atomic E-state index is 10.7. The third-order valence-electron chi connectivity index (χ3n) is 3.79. The first kappa shape index (κ1) is 14.7. The summed E-state index contributed by atoms with van der Waals surface area (Å²) < 4.78 is 0. The van der Waals surface area contributed by atoms with Gasteiger partial charge in [-0.3, -0.25) is 0 Å². The molecule has 0 aromatic carbocycles. The van der Waals surface area contributed by atoms with Crippen molar-refractivity contribution in [3.05, 3.63) is 28.4 Å². The summed E-state index contributed by atoms with van der Waals surface area (Å²) in [6.45, 7) is 7.42. The van der Waals surface area contributed by atoms with E-state index in [4.69, 9.17) is 0 Å². The highest BCUT2D eigenvalue weighted by Gasteiger charge is 2.20. The summed E-state index contributed by atoms with van der Waals surface area (Å²) in [7, 11) is 0. The maximum Gasteiger partial charge on any atom is 0.363 e. The highest BCUT2D eigenvalue weighted by Crippen LogP contribution is 2.22. The second-order valence-corrected chi connectivity index (χ2v) is 5.57. The number of anilines is 1. The minimum absolute atomic E-state index is 0.0978. The Kier molecular flexibility index (Phi) is 4.89. The number of rotatable bonds is 5. The number of hydrogen-bond donors (Lipinski definition) is 1. The van der Waals surface area contributed by atoms with E-state index >= 15 is 0 Å². The molecular weight excluding hydrogens is 256 g/mol. The zero-order chi connectivity index (χ0) is 14.5. The van der Waals surface area contributed by atoms with Gasteiger partial charge in [-0.05, 0) is 61.7 Å². The Morgan fingerprint density at radius 2 is 2.15 bits per heavy atom. The second kappa shape index (κ2) is 6.65. The number of aromatic nitrogens is 1. The van der Waals surface area contributed by atoms with Gasteiger partial charge in [0.1, 0.15) is 0 Å². The molecule has 1 N–H and O–H groups in total. The molecule has 6 heteroatoms. The second-order valence-electron chi connectivity index (χ2n) is 5.57. The van der Waals surface area contributed by atoms with E-state index in [1.165, 1.54) is 18.9 Å². The van der Waals surface area contributed by atoms with Gasteiger partial charge in [-0.15, -0.1) is 0 Å². The number of nitrogens with one attached hydrogen (secondary N) is 1. The van der Waals surface area contributed by atoms with Crippen molar-refractivity contribution in [2.75, 3.05) is 24.5 Å². The molecule has 0 unspecified atom stereocenters. The molecule has 1 aromatic heterocycles. The van der Waals surface area contributed by atoms with Crippen molar-refractivity contribution < 1.29 is 4.92 Å². The summed E-state index contributed by atoms with van der Waals surface area (Å²) in [6, 6.07) is 3.63. The number of nitrogens with zero attached hydrogens (tertiary/aromatic N) is 3. The molecule has 2 heterocycles. The Morgan fingerprint density at radius 1 is 1.45 bits per heavy atom. The molecule has 6 nitrogen and oxygen atoms in total. The van der Waals surface area contributed by atoms with Crippen molar-refractivity contribution >= 4 is 11.5 Å². The van der Waals surface area contributed by atoms with Gasteiger partial charge in [0, 0.05) is 18.7 Å². The lowest BCUT2D eigenvalue weighted by atomic mass is 9.97. The molecule has 0 bridgehead atoms. The van der Waals surface area contributed by atoms with Gasteiger partial charge in [0.2, 0.25) is 0 Å². The van der Waals surface area contributed by atoms with E-state index in [0.29, 0.717) is 12.0 Å². The van der Waals surface area contributed by atoms with Crippen LogP contribution in [0.25, 0.3) is 0 Å². The van der Waals surface area contributed by atoms with Crippen molar-refractivity contribution in [2.45, 2.75) is 32.7 Å². The molecule has 1 fully saturated rings. The van der Waals surface area contributed by atoms with Crippen LogP contribution in [-0.2, 0) is 0 Å². The predicted octanol–water partition coefficient (Wildman–Crippen LogP) is 2.20. The molecule has 0 radical (unpaired) electrons. The molecule has 1 aliphatic rings. The van der Waals surface area contributed by atoms with Crippen LogP contribution in [0.1, 0.15) is 26.7 Å². The largest absolute Gasteiger partial charge is 0.366 e. The third kappa shape index (κ3) is 3.66. The average Bonchev–Trinajstić information content (AvgIpc) is 2.45. The molecule has 1 aliphatic heterocycles. The fraction of sp³-hybridized carbons (Fsp3) is 0.643. The summed E-state index contributed by atoms with van der Waals surface area (Å²) in [5, 5.41) is 14.0. The van der Waals surface area contributed by atoms with Gasteiger partial charge < -0.3 is 20.3 Å². The molecule has 0 atom stereocenters. The topological polar surface area (TPSA) is 71.3 Å². The smallest absolute Gasteiger partial charge is 0.363 e. The normalized spacial score (nSPS) is 16.4. The summed E-state index contributed by atoms with van der Waals surface area (Å²) in [5.41, 5.74) is 0.962. The van der Waals surface area contributed by atoms with E-state index in [0.717, 1.165) is 25.3 Å². The molecule has 20 heavy (non-hydrogen) atoms. The van der Waals surface area contributed by atoms with Gasteiger partial charge in [0.15, 0.2) is 6.20 Å². The van der Waals surface area contributed by atoms with E-state index < -0.39 is 4.92 Å². The van der Waals surface area contributed by atoms with Crippen LogP contribution in [0.5, 0.6) is 0 Å². The molecule has 2 rings (SSSR count). The van der Waals surface area contributed by atoms with Crippen molar-refractivity contribution in [3.8, 4) is 0 Å². The zero-order valence-electron chi connectivity index (χ0n) is 12.1. The van der Waals surface area contributed by atoms with E-state index in [-0.39, 0.29) is 5.82 Å². The molecule has 110 valence electrons. The third-order valence-corrected chi connectivity index (χ3v) is 3.79. The van der Waals surface area contributed by atoms with Crippen molar-refractivity contribution in [2.24, 2.45) is 5.92 Å². The van der Waals surface area contributed by atoms with Crippen LogP contribution in [0.3, 0.4) is 0 Å². The van der Waals surface area contributed by atoms with Crippen LogP contribution in [0.15, 0.2) is 18.3 Å². The quantitative estimate of drug-likeness (QED) is 0.660. The van der Waals surface area contributed by atoms with Gasteiger partial charge in [-0.1, -0.05) is 0 Å². The van der Waals surface area contributed by atoms with Crippen LogP contribution >= 0.6 is 0 Å². The van der Waals surface area contributed by atoms with Crippen LogP contribution in [0.2, 0.25) is 0 Å². The molecular formula is C14H22N4O2. The van der Waals surface area contributed by atoms with Gasteiger partial charge in [-0.25, -0.2) is 0 Å².